The minimum Gasteiger partial charge on any atom is -0.352 e. The maximum Gasteiger partial charge on any atom is 0.254 e. The predicted molar refractivity (Wildman–Crippen MR) is 116 cm³/mol. The van der Waals surface area contributed by atoms with E-state index in [1.807, 2.05) is 17.0 Å². The van der Waals surface area contributed by atoms with E-state index in [1.54, 1.807) is 24.1 Å². The first kappa shape index (κ1) is 20.6. The minimum atomic E-state index is -0.0836. The lowest BCUT2D eigenvalue weighted by Gasteiger charge is -2.32. The lowest BCUT2D eigenvalue weighted by Crippen LogP contribution is -2.41. The van der Waals surface area contributed by atoms with Gasteiger partial charge in [0.2, 0.25) is 0 Å². The molecule has 1 aromatic carbocycles. The molecule has 1 N–H and O–H groups in total. The molecule has 0 atom stereocenters. The average Bonchev–Trinajstić information content (AvgIpc) is 3.24. The van der Waals surface area contributed by atoms with Gasteiger partial charge in [0.15, 0.2) is 0 Å². The second-order valence-corrected chi connectivity index (χ2v) is 8.81. The molecular weight excluding hydrogens is 376 g/mol. The van der Waals surface area contributed by atoms with Crippen molar-refractivity contribution in [2.45, 2.75) is 50.9 Å². The van der Waals surface area contributed by atoms with Crippen molar-refractivity contribution >= 4 is 11.8 Å². The number of hydrogen-bond donors (Lipinski definition) is 1. The van der Waals surface area contributed by atoms with Crippen LogP contribution in [0, 0.1) is 5.92 Å². The zero-order valence-corrected chi connectivity index (χ0v) is 17.8. The fourth-order valence-electron chi connectivity index (χ4n) is 4.73. The number of likely N-dealkylation sites (tertiary alicyclic amines) is 1. The number of aromatic nitrogens is 2. The summed E-state index contributed by atoms with van der Waals surface area (Å²) in [6, 6.07) is 8.33. The molecule has 0 radical (unpaired) electrons. The first-order valence-electron chi connectivity index (χ1n) is 11.3. The van der Waals surface area contributed by atoms with E-state index in [-0.39, 0.29) is 11.8 Å². The molecule has 160 valence electrons. The van der Waals surface area contributed by atoms with Crippen LogP contribution in [-0.4, -0.2) is 46.1 Å². The molecule has 4 rings (SSSR count). The molecular formula is C24H32N4O2. The van der Waals surface area contributed by atoms with Gasteiger partial charge in [-0.05, 0) is 55.2 Å². The zero-order valence-electron chi connectivity index (χ0n) is 17.8. The Balaban J connectivity index is 1.24. The normalized spacial score (nSPS) is 18.4. The van der Waals surface area contributed by atoms with E-state index in [1.165, 1.54) is 37.7 Å². The van der Waals surface area contributed by atoms with Crippen LogP contribution < -0.4 is 5.32 Å². The van der Waals surface area contributed by atoms with Gasteiger partial charge in [-0.1, -0.05) is 31.4 Å². The average molecular weight is 409 g/mol. The molecule has 6 nitrogen and oxygen atoms in total. The van der Waals surface area contributed by atoms with Gasteiger partial charge in [-0.3, -0.25) is 14.3 Å². The molecule has 2 aliphatic rings. The van der Waals surface area contributed by atoms with E-state index in [0.29, 0.717) is 23.9 Å². The summed E-state index contributed by atoms with van der Waals surface area (Å²) in [6.45, 7) is 2.14. The highest BCUT2D eigenvalue weighted by Gasteiger charge is 2.24. The standard InChI is InChI=1S/C24H32N4O2/c1-27-17-22(16-26-27)23(29)25-15-18-11-13-28(14-12-18)24(30)21-9-7-20(8-10-21)19-5-3-2-4-6-19/h7-10,16-19H,2-6,11-15H2,1H3,(H,25,29). The first-order valence-corrected chi connectivity index (χ1v) is 11.3. The zero-order chi connectivity index (χ0) is 20.9. The van der Waals surface area contributed by atoms with Gasteiger partial charge >= 0.3 is 0 Å². The summed E-state index contributed by atoms with van der Waals surface area (Å²) in [5.41, 5.74) is 2.76. The molecule has 2 amide bonds. The Labute approximate surface area is 178 Å². The van der Waals surface area contributed by atoms with Gasteiger partial charge in [-0.25, -0.2) is 0 Å². The third kappa shape index (κ3) is 4.91. The Bertz CT molecular complexity index is 860. The third-order valence-corrected chi connectivity index (χ3v) is 6.65. The highest BCUT2D eigenvalue weighted by molar-refractivity contribution is 5.94. The number of amides is 2. The highest BCUT2D eigenvalue weighted by atomic mass is 16.2. The van der Waals surface area contributed by atoms with Gasteiger partial charge in [-0.2, -0.15) is 5.10 Å². The van der Waals surface area contributed by atoms with Crippen LogP contribution in [0.15, 0.2) is 36.7 Å². The van der Waals surface area contributed by atoms with Crippen molar-refractivity contribution < 1.29 is 9.59 Å². The fraction of sp³-hybridized carbons (Fsp3) is 0.542. The smallest absolute Gasteiger partial charge is 0.254 e. The van der Waals surface area contributed by atoms with E-state index in [4.69, 9.17) is 0 Å². The van der Waals surface area contributed by atoms with Crippen LogP contribution in [0.5, 0.6) is 0 Å². The van der Waals surface area contributed by atoms with Crippen LogP contribution in [0.1, 0.15) is 77.1 Å². The van der Waals surface area contributed by atoms with Crippen LogP contribution in [0.25, 0.3) is 0 Å². The molecule has 1 aliphatic heterocycles. The van der Waals surface area contributed by atoms with Crippen molar-refractivity contribution in [2.75, 3.05) is 19.6 Å². The van der Waals surface area contributed by atoms with Crippen molar-refractivity contribution in [3.05, 3.63) is 53.3 Å². The predicted octanol–water partition coefficient (Wildman–Crippen LogP) is 3.75. The topological polar surface area (TPSA) is 67.2 Å². The lowest BCUT2D eigenvalue weighted by atomic mass is 9.84. The van der Waals surface area contributed by atoms with Crippen molar-refractivity contribution in [2.24, 2.45) is 13.0 Å². The number of piperidine rings is 1. The number of rotatable bonds is 5. The van der Waals surface area contributed by atoms with E-state index in [2.05, 4.69) is 22.5 Å². The molecule has 0 bridgehead atoms. The molecule has 1 saturated heterocycles. The van der Waals surface area contributed by atoms with Crippen LogP contribution >= 0.6 is 0 Å². The summed E-state index contributed by atoms with van der Waals surface area (Å²) in [4.78, 5) is 27.0. The summed E-state index contributed by atoms with van der Waals surface area (Å²) in [7, 11) is 1.80. The molecule has 2 heterocycles. The molecule has 1 saturated carbocycles. The maximum atomic E-state index is 12.9. The second-order valence-electron chi connectivity index (χ2n) is 8.81. The number of hydrogen-bond acceptors (Lipinski definition) is 3. The summed E-state index contributed by atoms with van der Waals surface area (Å²) >= 11 is 0. The summed E-state index contributed by atoms with van der Waals surface area (Å²) in [5, 5.41) is 7.03. The molecule has 1 aromatic heterocycles. The molecule has 2 aromatic rings. The number of benzene rings is 1. The van der Waals surface area contributed by atoms with Gasteiger partial charge in [0.1, 0.15) is 0 Å². The molecule has 30 heavy (non-hydrogen) atoms. The van der Waals surface area contributed by atoms with Crippen LogP contribution in [0.3, 0.4) is 0 Å². The molecule has 1 aliphatic carbocycles. The maximum absolute atomic E-state index is 12.9. The van der Waals surface area contributed by atoms with Crippen LogP contribution in [0.4, 0.5) is 0 Å². The number of aryl methyl sites for hydroxylation is 1. The summed E-state index contributed by atoms with van der Waals surface area (Å²) < 4.78 is 1.63. The third-order valence-electron chi connectivity index (χ3n) is 6.65. The van der Waals surface area contributed by atoms with Crippen LogP contribution in [-0.2, 0) is 7.05 Å². The number of carbonyl (C=O) groups is 2. The van der Waals surface area contributed by atoms with E-state index < -0.39 is 0 Å². The van der Waals surface area contributed by atoms with Crippen molar-refractivity contribution in [3.8, 4) is 0 Å². The van der Waals surface area contributed by atoms with Crippen molar-refractivity contribution in [3.63, 3.8) is 0 Å². The molecule has 0 spiro atoms. The lowest BCUT2D eigenvalue weighted by molar-refractivity contribution is 0.0684. The number of nitrogens with one attached hydrogen (secondary N) is 1. The SMILES string of the molecule is Cn1cc(C(=O)NCC2CCN(C(=O)c3ccc(C4CCCCC4)cc3)CC2)cn1. The van der Waals surface area contributed by atoms with Gasteiger partial charge in [0.25, 0.3) is 11.8 Å². The van der Waals surface area contributed by atoms with E-state index >= 15 is 0 Å². The number of carbonyl (C=O) groups excluding carboxylic acids is 2. The van der Waals surface area contributed by atoms with E-state index in [0.717, 1.165) is 31.5 Å². The Kier molecular flexibility index (Phi) is 6.50. The first-order chi connectivity index (χ1) is 14.6. The largest absolute Gasteiger partial charge is 0.352 e. The fourth-order valence-corrected chi connectivity index (χ4v) is 4.73. The molecule has 0 unspecified atom stereocenters. The molecule has 6 heteroatoms. The quantitative estimate of drug-likeness (QED) is 0.819. The van der Waals surface area contributed by atoms with Gasteiger partial charge < -0.3 is 10.2 Å². The summed E-state index contributed by atoms with van der Waals surface area (Å²) in [5.74, 6) is 1.12. The number of nitrogens with zero attached hydrogens (tertiary/aromatic N) is 3. The highest BCUT2D eigenvalue weighted by Crippen LogP contribution is 2.32. The minimum absolute atomic E-state index is 0.0836. The summed E-state index contributed by atoms with van der Waals surface area (Å²) in [6.07, 6.45) is 11.7. The monoisotopic (exact) mass is 408 g/mol. The van der Waals surface area contributed by atoms with Crippen molar-refractivity contribution in [1.29, 1.82) is 0 Å². The van der Waals surface area contributed by atoms with Gasteiger partial charge in [0.05, 0.1) is 11.8 Å². The Morgan fingerprint density at radius 2 is 1.70 bits per heavy atom. The van der Waals surface area contributed by atoms with Crippen molar-refractivity contribution in [1.82, 2.24) is 20.0 Å². The van der Waals surface area contributed by atoms with Gasteiger partial charge in [-0.15, -0.1) is 0 Å². The van der Waals surface area contributed by atoms with E-state index in [9.17, 15) is 9.59 Å². The van der Waals surface area contributed by atoms with Gasteiger partial charge in [0, 0.05) is 38.4 Å². The Morgan fingerprint density at radius 1 is 1.00 bits per heavy atom. The second kappa shape index (κ2) is 9.45. The molecule has 2 fully saturated rings. The Morgan fingerprint density at radius 3 is 2.33 bits per heavy atom. The Hall–Kier alpha value is -2.63. The van der Waals surface area contributed by atoms with Crippen LogP contribution in [0.2, 0.25) is 0 Å².